The Morgan fingerprint density at radius 3 is 2.63 bits per heavy atom. The number of amides is 1. The Bertz CT molecular complexity index is 486. The van der Waals surface area contributed by atoms with Crippen LogP contribution < -0.4 is 11.1 Å². The minimum Gasteiger partial charge on any atom is -0.395 e. The number of aromatic nitrogens is 2. The predicted molar refractivity (Wildman–Crippen MR) is 75.9 cm³/mol. The SMILES string of the molecule is CCn1nc(C)c(N)c1C(=O)NCC1(C(C)C)CC1. The van der Waals surface area contributed by atoms with Crippen molar-refractivity contribution in [2.75, 3.05) is 12.3 Å². The second-order valence-corrected chi connectivity index (χ2v) is 5.86. The number of nitrogens with two attached hydrogens (primary N) is 1. The van der Waals surface area contributed by atoms with E-state index in [1.54, 1.807) is 4.68 Å². The van der Waals surface area contributed by atoms with Crippen molar-refractivity contribution in [2.45, 2.75) is 47.1 Å². The number of nitrogens with zero attached hydrogens (tertiary/aromatic N) is 2. The third kappa shape index (κ3) is 2.46. The van der Waals surface area contributed by atoms with Gasteiger partial charge in [-0.3, -0.25) is 9.48 Å². The van der Waals surface area contributed by atoms with E-state index in [4.69, 9.17) is 5.73 Å². The highest BCUT2D eigenvalue weighted by atomic mass is 16.2. The molecule has 1 fully saturated rings. The van der Waals surface area contributed by atoms with E-state index in [-0.39, 0.29) is 5.91 Å². The van der Waals surface area contributed by atoms with E-state index in [0.717, 1.165) is 12.2 Å². The van der Waals surface area contributed by atoms with Gasteiger partial charge >= 0.3 is 0 Å². The topological polar surface area (TPSA) is 72.9 Å². The van der Waals surface area contributed by atoms with E-state index in [2.05, 4.69) is 24.3 Å². The van der Waals surface area contributed by atoms with Gasteiger partial charge in [-0.2, -0.15) is 5.10 Å². The zero-order chi connectivity index (χ0) is 14.2. The highest BCUT2D eigenvalue weighted by Crippen LogP contribution is 2.51. The summed E-state index contributed by atoms with van der Waals surface area (Å²) in [7, 11) is 0. The van der Waals surface area contributed by atoms with Crippen LogP contribution in [0.1, 0.15) is 49.8 Å². The van der Waals surface area contributed by atoms with Crippen LogP contribution in [0.4, 0.5) is 5.69 Å². The third-order valence-electron chi connectivity index (χ3n) is 4.41. The number of hydrogen-bond donors (Lipinski definition) is 2. The number of aryl methyl sites for hydroxylation is 2. The summed E-state index contributed by atoms with van der Waals surface area (Å²) in [4.78, 5) is 12.3. The van der Waals surface area contributed by atoms with Crippen molar-refractivity contribution in [2.24, 2.45) is 11.3 Å². The molecule has 0 atom stereocenters. The molecule has 1 aliphatic carbocycles. The van der Waals surface area contributed by atoms with Gasteiger partial charge in [-0.25, -0.2) is 0 Å². The highest BCUT2D eigenvalue weighted by molar-refractivity contribution is 5.98. The maximum absolute atomic E-state index is 12.3. The van der Waals surface area contributed by atoms with Crippen LogP contribution in [-0.2, 0) is 6.54 Å². The number of nitrogen functional groups attached to an aromatic ring is 1. The molecule has 0 aromatic carbocycles. The average Bonchev–Trinajstić information content (AvgIpc) is 3.10. The summed E-state index contributed by atoms with van der Waals surface area (Å²) in [6, 6.07) is 0. The van der Waals surface area contributed by atoms with Gasteiger partial charge in [-0.15, -0.1) is 0 Å². The van der Waals surface area contributed by atoms with E-state index in [9.17, 15) is 4.79 Å². The maximum atomic E-state index is 12.3. The minimum absolute atomic E-state index is 0.105. The number of rotatable bonds is 5. The van der Waals surface area contributed by atoms with Crippen molar-refractivity contribution in [3.63, 3.8) is 0 Å². The predicted octanol–water partition coefficient (Wildman–Crippen LogP) is 1.96. The fraction of sp³-hybridized carbons (Fsp3) is 0.714. The molecule has 1 amide bonds. The molecule has 106 valence electrons. The summed E-state index contributed by atoms with van der Waals surface area (Å²) < 4.78 is 1.68. The molecule has 1 aromatic heterocycles. The minimum atomic E-state index is -0.105. The zero-order valence-electron chi connectivity index (χ0n) is 12.3. The number of anilines is 1. The quantitative estimate of drug-likeness (QED) is 0.854. The standard InChI is InChI=1S/C14H24N4O/c1-5-18-12(11(15)10(4)17-18)13(19)16-8-14(6-7-14)9(2)3/h9H,5-8,15H2,1-4H3,(H,16,19). The second kappa shape index (κ2) is 4.87. The van der Waals surface area contributed by atoms with Crippen molar-refractivity contribution in [1.82, 2.24) is 15.1 Å². The van der Waals surface area contributed by atoms with Gasteiger partial charge in [0, 0.05) is 13.1 Å². The molecule has 2 rings (SSSR count). The molecule has 0 aliphatic heterocycles. The Balaban J connectivity index is 2.08. The highest BCUT2D eigenvalue weighted by Gasteiger charge is 2.45. The lowest BCUT2D eigenvalue weighted by Gasteiger charge is -2.20. The lowest BCUT2D eigenvalue weighted by atomic mass is 9.92. The van der Waals surface area contributed by atoms with E-state index < -0.39 is 0 Å². The van der Waals surface area contributed by atoms with Gasteiger partial charge in [0.25, 0.3) is 5.91 Å². The molecule has 1 heterocycles. The Morgan fingerprint density at radius 1 is 1.53 bits per heavy atom. The van der Waals surface area contributed by atoms with E-state index in [1.165, 1.54) is 12.8 Å². The van der Waals surface area contributed by atoms with Gasteiger partial charge < -0.3 is 11.1 Å². The number of carbonyl (C=O) groups excluding carboxylic acids is 1. The van der Waals surface area contributed by atoms with Gasteiger partial charge in [0.1, 0.15) is 5.69 Å². The molecule has 3 N–H and O–H groups in total. The first-order chi connectivity index (χ1) is 8.91. The van der Waals surface area contributed by atoms with Crippen LogP contribution >= 0.6 is 0 Å². The number of hydrogen-bond acceptors (Lipinski definition) is 3. The Labute approximate surface area is 114 Å². The summed E-state index contributed by atoms with van der Waals surface area (Å²) in [5.41, 5.74) is 7.97. The van der Waals surface area contributed by atoms with Crippen LogP contribution in [0.2, 0.25) is 0 Å². The van der Waals surface area contributed by atoms with E-state index >= 15 is 0 Å². The monoisotopic (exact) mass is 264 g/mol. The van der Waals surface area contributed by atoms with Crippen LogP contribution in [0.25, 0.3) is 0 Å². The van der Waals surface area contributed by atoms with Crippen molar-refractivity contribution < 1.29 is 4.79 Å². The lowest BCUT2D eigenvalue weighted by molar-refractivity contribution is 0.0930. The molecule has 1 saturated carbocycles. The molecule has 0 radical (unpaired) electrons. The van der Waals surface area contributed by atoms with Gasteiger partial charge in [-0.1, -0.05) is 13.8 Å². The first-order valence-corrected chi connectivity index (χ1v) is 7.02. The first-order valence-electron chi connectivity index (χ1n) is 7.02. The third-order valence-corrected chi connectivity index (χ3v) is 4.41. The van der Waals surface area contributed by atoms with Crippen LogP contribution in [0.15, 0.2) is 0 Å². The van der Waals surface area contributed by atoms with Crippen molar-refractivity contribution >= 4 is 11.6 Å². The molecule has 0 bridgehead atoms. The van der Waals surface area contributed by atoms with Crippen LogP contribution in [-0.4, -0.2) is 22.2 Å². The second-order valence-electron chi connectivity index (χ2n) is 5.86. The van der Waals surface area contributed by atoms with Crippen LogP contribution in [0.5, 0.6) is 0 Å². The lowest BCUT2D eigenvalue weighted by Crippen LogP contribution is -2.34. The molecule has 1 aromatic rings. The van der Waals surface area contributed by atoms with Crippen molar-refractivity contribution in [1.29, 1.82) is 0 Å². The van der Waals surface area contributed by atoms with Gasteiger partial charge in [0.15, 0.2) is 0 Å². The van der Waals surface area contributed by atoms with Gasteiger partial charge in [0.2, 0.25) is 0 Å². The van der Waals surface area contributed by atoms with E-state index in [0.29, 0.717) is 29.3 Å². The van der Waals surface area contributed by atoms with Crippen molar-refractivity contribution in [3.05, 3.63) is 11.4 Å². The molecule has 5 heteroatoms. The largest absolute Gasteiger partial charge is 0.395 e. The zero-order valence-corrected chi connectivity index (χ0v) is 12.3. The maximum Gasteiger partial charge on any atom is 0.271 e. The molecular formula is C14H24N4O. The fourth-order valence-electron chi connectivity index (χ4n) is 2.52. The van der Waals surface area contributed by atoms with Crippen molar-refractivity contribution in [3.8, 4) is 0 Å². The Kier molecular flexibility index (Phi) is 3.56. The van der Waals surface area contributed by atoms with Gasteiger partial charge in [-0.05, 0) is 38.0 Å². The fourth-order valence-corrected chi connectivity index (χ4v) is 2.52. The summed E-state index contributed by atoms with van der Waals surface area (Å²) >= 11 is 0. The smallest absolute Gasteiger partial charge is 0.271 e. The molecule has 5 nitrogen and oxygen atoms in total. The molecule has 0 spiro atoms. The van der Waals surface area contributed by atoms with E-state index in [1.807, 2.05) is 13.8 Å². The Morgan fingerprint density at radius 2 is 2.16 bits per heavy atom. The molecule has 0 saturated heterocycles. The molecular weight excluding hydrogens is 240 g/mol. The summed E-state index contributed by atoms with van der Waals surface area (Å²) in [5.74, 6) is 0.495. The average molecular weight is 264 g/mol. The molecule has 0 unspecified atom stereocenters. The number of carbonyl (C=O) groups is 1. The number of nitrogens with one attached hydrogen (secondary N) is 1. The summed E-state index contributed by atoms with van der Waals surface area (Å²) in [6.45, 7) is 9.60. The molecule has 19 heavy (non-hydrogen) atoms. The summed E-state index contributed by atoms with van der Waals surface area (Å²) in [5, 5.41) is 7.31. The molecule has 1 aliphatic rings. The van der Waals surface area contributed by atoms with Gasteiger partial charge in [0.05, 0.1) is 11.4 Å². The Hall–Kier alpha value is -1.52. The van der Waals surface area contributed by atoms with Crippen LogP contribution in [0.3, 0.4) is 0 Å². The normalized spacial score (nSPS) is 16.7. The van der Waals surface area contributed by atoms with Crippen LogP contribution in [0, 0.1) is 18.3 Å². The summed E-state index contributed by atoms with van der Waals surface area (Å²) in [6.07, 6.45) is 2.40. The first kappa shape index (κ1) is 13.9.